The van der Waals surface area contributed by atoms with Crippen molar-refractivity contribution in [2.45, 2.75) is 32.6 Å². The van der Waals surface area contributed by atoms with Gasteiger partial charge >= 0.3 is 0 Å². The van der Waals surface area contributed by atoms with Gasteiger partial charge in [0.2, 0.25) is 5.43 Å². The Morgan fingerprint density at radius 3 is 2.62 bits per heavy atom. The first kappa shape index (κ1) is 9.84. The topological polar surface area (TPSA) is 50.4 Å². The molecule has 3 heteroatoms. The molecular weight excluding hydrogens is 168 g/mol. The van der Waals surface area contributed by atoms with E-state index in [4.69, 9.17) is 9.52 Å². The van der Waals surface area contributed by atoms with Crippen LogP contribution in [0.1, 0.15) is 33.0 Å². The Morgan fingerprint density at radius 1 is 1.54 bits per heavy atom. The molecule has 0 unspecified atom stereocenters. The second kappa shape index (κ2) is 3.24. The highest BCUT2D eigenvalue weighted by molar-refractivity contribution is 5.19. The van der Waals surface area contributed by atoms with Crippen LogP contribution in [0.4, 0.5) is 0 Å². The van der Waals surface area contributed by atoms with Crippen LogP contribution in [0.15, 0.2) is 21.5 Å². The fourth-order valence-corrected chi connectivity index (χ4v) is 0.934. The highest BCUT2D eigenvalue weighted by Gasteiger charge is 2.21. The predicted octanol–water partition coefficient (Wildman–Crippen LogP) is 2.03. The molecule has 1 heterocycles. The van der Waals surface area contributed by atoms with E-state index < -0.39 is 0 Å². The standard InChI is InChI=1S/C10H14O3/c1-4-10(2,3)9-5-7(11)8(12)6-13-9/h5-6,12H,4H2,1-3H3. The highest BCUT2D eigenvalue weighted by atomic mass is 16.4. The molecule has 72 valence electrons. The molecular formula is C10H14O3. The lowest BCUT2D eigenvalue weighted by atomic mass is 9.87. The first-order valence-electron chi connectivity index (χ1n) is 4.29. The van der Waals surface area contributed by atoms with Crippen LogP contribution in [0.2, 0.25) is 0 Å². The second-order valence-corrected chi connectivity index (χ2v) is 3.73. The number of aromatic hydroxyl groups is 1. The first-order chi connectivity index (χ1) is 5.97. The number of rotatable bonds is 2. The van der Waals surface area contributed by atoms with Crippen LogP contribution in [0.3, 0.4) is 0 Å². The number of hydrogen-bond donors (Lipinski definition) is 1. The summed E-state index contributed by atoms with van der Waals surface area (Å²) < 4.78 is 5.14. The van der Waals surface area contributed by atoms with Crippen molar-refractivity contribution in [3.63, 3.8) is 0 Å². The van der Waals surface area contributed by atoms with Crippen molar-refractivity contribution in [3.05, 3.63) is 28.3 Å². The second-order valence-electron chi connectivity index (χ2n) is 3.73. The maximum Gasteiger partial charge on any atom is 0.226 e. The molecule has 0 aromatic carbocycles. The zero-order chi connectivity index (χ0) is 10.1. The van der Waals surface area contributed by atoms with E-state index in [2.05, 4.69) is 0 Å². The largest absolute Gasteiger partial charge is 0.502 e. The van der Waals surface area contributed by atoms with Gasteiger partial charge in [0.1, 0.15) is 12.0 Å². The summed E-state index contributed by atoms with van der Waals surface area (Å²) in [4.78, 5) is 11.1. The minimum atomic E-state index is -0.386. The van der Waals surface area contributed by atoms with Gasteiger partial charge in [0.05, 0.1) is 0 Å². The average molecular weight is 182 g/mol. The van der Waals surface area contributed by atoms with Crippen LogP contribution in [0, 0.1) is 0 Å². The van der Waals surface area contributed by atoms with Crippen LogP contribution in [-0.2, 0) is 5.41 Å². The molecule has 0 bridgehead atoms. The van der Waals surface area contributed by atoms with Crippen LogP contribution >= 0.6 is 0 Å². The third kappa shape index (κ3) is 1.91. The fourth-order valence-electron chi connectivity index (χ4n) is 0.934. The van der Waals surface area contributed by atoms with Crippen molar-refractivity contribution in [1.82, 2.24) is 0 Å². The smallest absolute Gasteiger partial charge is 0.226 e. The molecule has 0 amide bonds. The predicted molar refractivity (Wildman–Crippen MR) is 50.0 cm³/mol. The molecule has 1 N–H and O–H groups in total. The molecule has 0 aliphatic rings. The van der Waals surface area contributed by atoms with Crippen LogP contribution in [-0.4, -0.2) is 5.11 Å². The SMILES string of the molecule is CCC(C)(C)c1cc(=O)c(O)co1. The fraction of sp³-hybridized carbons (Fsp3) is 0.500. The van der Waals surface area contributed by atoms with Gasteiger partial charge in [-0.3, -0.25) is 4.79 Å². The number of hydrogen-bond acceptors (Lipinski definition) is 3. The summed E-state index contributed by atoms with van der Waals surface area (Å²) in [6, 6.07) is 1.35. The van der Waals surface area contributed by atoms with Gasteiger partial charge in [-0.05, 0) is 6.42 Å². The monoisotopic (exact) mass is 182 g/mol. The minimum Gasteiger partial charge on any atom is -0.502 e. The zero-order valence-electron chi connectivity index (χ0n) is 8.13. The summed E-state index contributed by atoms with van der Waals surface area (Å²) in [5.41, 5.74) is -0.546. The summed E-state index contributed by atoms with van der Waals surface area (Å²) in [6.07, 6.45) is 1.97. The molecule has 0 saturated heterocycles. The third-order valence-electron chi connectivity index (χ3n) is 2.36. The van der Waals surface area contributed by atoms with Gasteiger partial charge in [0.15, 0.2) is 5.75 Å². The Labute approximate surface area is 77.0 Å². The van der Waals surface area contributed by atoms with Crippen LogP contribution in [0.5, 0.6) is 5.75 Å². The lowest BCUT2D eigenvalue weighted by Gasteiger charge is -2.20. The highest BCUT2D eigenvalue weighted by Crippen LogP contribution is 2.25. The molecule has 0 fully saturated rings. The van der Waals surface area contributed by atoms with E-state index in [9.17, 15) is 4.79 Å². The van der Waals surface area contributed by atoms with Gasteiger partial charge < -0.3 is 9.52 Å². The Balaban J connectivity index is 3.18. The molecule has 1 rings (SSSR count). The van der Waals surface area contributed by atoms with Gasteiger partial charge in [-0.2, -0.15) is 0 Å². The molecule has 0 atom stereocenters. The summed E-state index contributed by atoms with van der Waals surface area (Å²) in [6.45, 7) is 6.00. The molecule has 1 aromatic rings. The van der Waals surface area contributed by atoms with Gasteiger partial charge in [0.25, 0.3) is 0 Å². The quantitative estimate of drug-likeness (QED) is 0.761. The van der Waals surface area contributed by atoms with Crippen molar-refractivity contribution in [2.75, 3.05) is 0 Å². The van der Waals surface area contributed by atoms with Crippen molar-refractivity contribution < 1.29 is 9.52 Å². The summed E-state index contributed by atoms with van der Waals surface area (Å²) in [5, 5.41) is 8.98. The third-order valence-corrected chi connectivity index (χ3v) is 2.36. The zero-order valence-corrected chi connectivity index (χ0v) is 8.13. The van der Waals surface area contributed by atoms with Crippen molar-refractivity contribution in [2.24, 2.45) is 0 Å². The Kier molecular flexibility index (Phi) is 2.45. The maximum atomic E-state index is 11.1. The molecule has 0 spiro atoms. The Bertz CT molecular complexity index is 349. The van der Waals surface area contributed by atoms with Crippen molar-refractivity contribution in [1.29, 1.82) is 0 Å². The minimum absolute atomic E-state index is 0.160. The molecule has 1 aromatic heterocycles. The van der Waals surface area contributed by atoms with E-state index in [1.807, 2.05) is 20.8 Å². The lowest BCUT2D eigenvalue weighted by Crippen LogP contribution is -2.17. The molecule has 0 aliphatic heterocycles. The van der Waals surface area contributed by atoms with Crippen molar-refractivity contribution >= 4 is 0 Å². The van der Waals surface area contributed by atoms with Gasteiger partial charge in [-0.1, -0.05) is 20.8 Å². The van der Waals surface area contributed by atoms with Crippen LogP contribution in [0.25, 0.3) is 0 Å². The van der Waals surface area contributed by atoms with E-state index in [0.29, 0.717) is 5.76 Å². The molecule has 0 saturated carbocycles. The Morgan fingerprint density at radius 2 is 2.15 bits per heavy atom. The van der Waals surface area contributed by atoms with Gasteiger partial charge in [-0.25, -0.2) is 0 Å². The Hall–Kier alpha value is -1.25. The van der Waals surface area contributed by atoms with E-state index in [-0.39, 0.29) is 16.6 Å². The molecule has 3 nitrogen and oxygen atoms in total. The summed E-state index contributed by atoms with van der Waals surface area (Å²) in [7, 11) is 0. The van der Waals surface area contributed by atoms with E-state index >= 15 is 0 Å². The van der Waals surface area contributed by atoms with Gasteiger partial charge in [0, 0.05) is 11.5 Å². The lowest BCUT2D eigenvalue weighted by molar-refractivity contribution is 0.346. The maximum absolute atomic E-state index is 11.1. The normalized spacial score (nSPS) is 11.6. The summed E-state index contributed by atoms with van der Waals surface area (Å²) in [5.74, 6) is 0.272. The first-order valence-corrected chi connectivity index (χ1v) is 4.29. The summed E-state index contributed by atoms with van der Waals surface area (Å²) >= 11 is 0. The van der Waals surface area contributed by atoms with E-state index in [1.54, 1.807) is 0 Å². The van der Waals surface area contributed by atoms with Gasteiger partial charge in [-0.15, -0.1) is 0 Å². The molecule has 0 aliphatic carbocycles. The van der Waals surface area contributed by atoms with Crippen LogP contribution < -0.4 is 5.43 Å². The van der Waals surface area contributed by atoms with Crippen molar-refractivity contribution in [3.8, 4) is 5.75 Å². The molecule has 0 radical (unpaired) electrons. The molecule has 13 heavy (non-hydrogen) atoms. The average Bonchev–Trinajstić information content (AvgIpc) is 2.09. The van der Waals surface area contributed by atoms with E-state index in [0.717, 1.165) is 12.7 Å². The van der Waals surface area contributed by atoms with E-state index in [1.165, 1.54) is 6.07 Å².